The quantitative estimate of drug-likeness (QED) is 0.453. The molecule has 30 heavy (non-hydrogen) atoms. The molecule has 6 nitrogen and oxygen atoms in total. The van der Waals surface area contributed by atoms with E-state index in [1.54, 1.807) is 12.1 Å². The molecule has 0 aliphatic carbocycles. The number of anilines is 4. The second kappa shape index (κ2) is 10.0. The summed E-state index contributed by atoms with van der Waals surface area (Å²) in [4.78, 5) is 20.9. The fourth-order valence-corrected chi connectivity index (χ4v) is 3.07. The number of amides is 1. The monoisotopic (exact) mass is 427 g/mol. The third kappa shape index (κ3) is 6.15. The van der Waals surface area contributed by atoms with Gasteiger partial charge in [0.25, 0.3) is 0 Å². The number of nitrogens with zero attached hydrogens (tertiary/aromatic N) is 2. The molecular formula is C22H23ClFN5O. The summed E-state index contributed by atoms with van der Waals surface area (Å²) in [6, 6.07) is 13.7. The topological polar surface area (TPSA) is 78.9 Å². The van der Waals surface area contributed by atoms with E-state index in [4.69, 9.17) is 11.6 Å². The summed E-state index contributed by atoms with van der Waals surface area (Å²) < 4.78 is 13.2. The Hall–Kier alpha value is -3.19. The van der Waals surface area contributed by atoms with E-state index in [0.29, 0.717) is 23.8 Å². The van der Waals surface area contributed by atoms with Crippen molar-refractivity contribution in [1.29, 1.82) is 0 Å². The van der Waals surface area contributed by atoms with Gasteiger partial charge in [-0.15, -0.1) is 0 Å². The summed E-state index contributed by atoms with van der Waals surface area (Å²) in [6.07, 6.45) is 0.752. The van der Waals surface area contributed by atoms with Gasteiger partial charge in [-0.25, -0.2) is 14.4 Å². The van der Waals surface area contributed by atoms with Gasteiger partial charge in [0.05, 0.1) is 5.02 Å². The maximum atomic E-state index is 13.2. The van der Waals surface area contributed by atoms with E-state index in [2.05, 4.69) is 25.9 Å². The minimum absolute atomic E-state index is 0.0625. The molecule has 1 heterocycles. The molecule has 0 radical (unpaired) electrons. The summed E-state index contributed by atoms with van der Waals surface area (Å²) >= 11 is 5.77. The Bertz CT molecular complexity index is 1030. The summed E-state index contributed by atoms with van der Waals surface area (Å²) in [5, 5.41) is 9.32. The number of benzene rings is 2. The first-order valence-electron chi connectivity index (χ1n) is 9.63. The number of halogens is 2. The molecule has 3 aromatic rings. The molecule has 0 saturated carbocycles. The first-order chi connectivity index (χ1) is 14.4. The Morgan fingerprint density at radius 2 is 1.73 bits per heavy atom. The minimum atomic E-state index is -0.464. The van der Waals surface area contributed by atoms with Gasteiger partial charge in [0.1, 0.15) is 23.3 Å². The first-order valence-corrected chi connectivity index (χ1v) is 10.0. The molecule has 0 bridgehead atoms. The molecule has 0 spiro atoms. The predicted molar refractivity (Wildman–Crippen MR) is 119 cm³/mol. The van der Waals surface area contributed by atoms with Crippen molar-refractivity contribution in [2.24, 2.45) is 0 Å². The SMILES string of the molecule is CCNc1cc(Nc2ccc(NC(=O)CCc3ccc(F)c(Cl)c3)cc2)nc(C)n1. The largest absolute Gasteiger partial charge is 0.370 e. The molecular weight excluding hydrogens is 405 g/mol. The molecule has 0 fully saturated rings. The van der Waals surface area contributed by atoms with Crippen molar-refractivity contribution >= 4 is 40.5 Å². The normalized spacial score (nSPS) is 10.5. The standard InChI is InChI=1S/C22H23ClFN5O/c1-3-25-20-13-21(27-14(2)26-20)28-16-6-8-17(9-7-16)29-22(30)11-5-15-4-10-19(24)18(23)12-15/h4,6-10,12-13H,3,5,11H2,1-2H3,(H,29,30)(H2,25,26,27,28). The summed E-state index contributed by atoms with van der Waals surface area (Å²) in [7, 11) is 0. The lowest BCUT2D eigenvalue weighted by molar-refractivity contribution is -0.116. The van der Waals surface area contributed by atoms with E-state index < -0.39 is 5.82 Å². The second-order valence-electron chi connectivity index (χ2n) is 6.71. The minimum Gasteiger partial charge on any atom is -0.370 e. The van der Waals surface area contributed by atoms with E-state index in [0.717, 1.165) is 23.6 Å². The van der Waals surface area contributed by atoms with Gasteiger partial charge in [-0.1, -0.05) is 17.7 Å². The zero-order valence-electron chi connectivity index (χ0n) is 16.8. The fourth-order valence-electron chi connectivity index (χ4n) is 2.86. The molecule has 3 rings (SSSR count). The number of aryl methyl sites for hydroxylation is 2. The highest BCUT2D eigenvalue weighted by atomic mass is 35.5. The molecule has 0 aliphatic heterocycles. The van der Waals surface area contributed by atoms with E-state index >= 15 is 0 Å². The lowest BCUT2D eigenvalue weighted by Gasteiger charge is -2.10. The van der Waals surface area contributed by atoms with Gasteiger partial charge in [0.2, 0.25) is 5.91 Å². The van der Waals surface area contributed by atoms with Crippen LogP contribution in [0.3, 0.4) is 0 Å². The van der Waals surface area contributed by atoms with Crippen molar-refractivity contribution in [3.8, 4) is 0 Å². The average Bonchev–Trinajstić information content (AvgIpc) is 2.70. The van der Waals surface area contributed by atoms with Crippen molar-refractivity contribution in [2.75, 3.05) is 22.5 Å². The maximum absolute atomic E-state index is 13.2. The van der Waals surface area contributed by atoms with Crippen LogP contribution in [0.5, 0.6) is 0 Å². The number of nitrogens with one attached hydrogen (secondary N) is 3. The van der Waals surface area contributed by atoms with Crippen molar-refractivity contribution in [3.05, 3.63) is 70.8 Å². The highest BCUT2D eigenvalue weighted by Crippen LogP contribution is 2.20. The van der Waals surface area contributed by atoms with E-state index in [9.17, 15) is 9.18 Å². The van der Waals surface area contributed by atoms with Gasteiger partial charge in [0, 0.05) is 30.4 Å². The molecule has 0 aliphatic rings. The van der Waals surface area contributed by atoms with Crippen LogP contribution in [0.2, 0.25) is 5.02 Å². The van der Waals surface area contributed by atoms with Crippen LogP contribution < -0.4 is 16.0 Å². The smallest absolute Gasteiger partial charge is 0.224 e. The van der Waals surface area contributed by atoms with E-state index in [1.807, 2.05) is 44.2 Å². The zero-order valence-corrected chi connectivity index (χ0v) is 17.6. The number of hydrogen-bond donors (Lipinski definition) is 3. The second-order valence-corrected chi connectivity index (χ2v) is 7.12. The van der Waals surface area contributed by atoms with Crippen LogP contribution in [-0.2, 0) is 11.2 Å². The van der Waals surface area contributed by atoms with Gasteiger partial charge in [-0.2, -0.15) is 0 Å². The average molecular weight is 428 g/mol. The Morgan fingerprint density at radius 1 is 1.03 bits per heavy atom. The maximum Gasteiger partial charge on any atom is 0.224 e. The number of carbonyl (C=O) groups excluding carboxylic acids is 1. The van der Waals surface area contributed by atoms with Crippen molar-refractivity contribution in [3.63, 3.8) is 0 Å². The number of aromatic nitrogens is 2. The Balaban J connectivity index is 1.55. The molecule has 156 valence electrons. The van der Waals surface area contributed by atoms with Crippen molar-refractivity contribution in [2.45, 2.75) is 26.7 Å². The van der Waals surface area contributed by atoms with Gasteiger partial charge in [0.15, 0.2) is 0 Å². The highest BCUT2D eigenvalue weighted by Gasteiger charge is 2.07. The lowest BCUT2D eigenvalue weighted by atomic mass is 10.1. The first kappa shape index (κ1) is 21.5. The van der Waals surface area contributed by atoms with Crippen molar-refractivity contribution < 1.29 is 9.18 Å². The van der Waals surface area contributed by atoms with Gasteiger partial charge in [-0.3, -0.25) is 4.79 Å². The summed E-state index contributed by atoms with van der Waals surface area (Å²) in [6.45, 7) is 4.62. The molecule has 2 aromatic carbocycles. The fraction of sp³-hybridized carbons (Fsp3) is 0.227. The lowest BCUT2D eigenvalue weighted by Crippen LogP contribution is -2.12. The molecule has 0 atom stereocenters. The van der Waals surface area contributed by atoms with Crippen molar-refractivity contribution in [1.82, 2.24) is 9.97 Å². The van der Waals surface area contributed by atoms with Crippen LogP contribution in [-0.4, -0.2) is 22.4 Å². The van der Waals surface area contributed by atoms with Crippen LogP contribution in [0.1, 0.15) is 24.7 Å². The van der Waals surface area contributed by atoms with Crippen LogP contribution in [0.25, 0.3) is 0 Å². The number of hydrogen-bond acceptors (Lipinski definition) is 5. The molecule has 3 N–H and O–H groups in total. The van der Waals surface area contributed by atoms with E-state index in [-0.39, 0.29) is 17.4 Å². The van der Waals surface area contributed by atoms with Crippen LogP contribution >= 0.6 is 11.6 Å². The Morgan fingerprint density at radius 3 is 2.43 bits per heavy atom. The molecule has 1 amide bonds. The third-order valence-corrected chi connectivity index (χ3v) is 4.55. The van der Waals surface area contributed by atoms with Crippen LogP contribution in [0, 0.1) is 12.7 Å². The third-order valence-electron chi connectivity index (χ3n) is 4.26. The highest BCUT2D eigenvalue weighted by molar-refractivity contribution is 6.30. The number of carbonyl (C=O) groups is 1. The molecule has 0 unspecified atom stereocenters. The molecule has 0 saturated heterocycles. The zero-order chi connectivity index (χ0) is 21.5. The van der Waals surface area contributed by atoms with Crippen LogP contribution in [0.4, 0.5) is 27.4 Å². The van der Waals surface area contributed by atoms with E-state index in [1.165, 1.54) is 6.07 Å². The summed E-state index contributed by atoms with van der Waals surface area (Å²) in [5.74, 6) is 1.53. The van der Waals surface area contributed by atoms with Gasteiger partial charge < -0.3 is 16.0 Å². The number of rotatable bonds is 8. The van der Waals surface area contributed by atoms with Gasteiger partial charge in [-0.05, 0) is 62.2 Å². The molecule has 8 heteroatoms. The van der Waals surface area contributed by atoms with Crippen LogP contribution in [0.15, 0.2) is 48.5 Å². The summed E-state index contributed by atoms with van der Waals surface area (Å²) in [5.41, 5.74) is 2.34. The predicted octanol–water partition coefficient (Wildman–Crippen LogP) is 5.32. The molecule has 1 aromatic heterocycles. The Kier molecular flexibility index (Phi) is 7.19. The Labute approximate surface area is 179 Å². The van der Waals surface area contributed by atoms with Gasteiger partial charge >= 0.3 is 0 Å².